The van der Waals surface area contributed by atoms with Gasteiger partial charge in [0, 0.05) is 10.8 Å². The summed E-state index contributed by atoms with van der Waals surface area (Å²) in [6.45, 7) is 0. The highest BCUT2D eigenvalue weighted by molar-refractivity contribution is 8.00. The van der Waals surface area contributed by atoms with E-state index in [4.69, 9.17) is 17.3 Å². The van der Waals surface area contributed by atoms with Gasteiger partial charge in [-0.15, -0.1) is 10.2 Å². The first-order valence-corrected chi connectivity index (χ1v) is 10.6. The summed E-state index contributed by atoms with van der Waals surface area (Å²) in [4.78, 5) is 0. The maximum atomic E-state index is 6.39. The number of rotatable bonds is 6. The lowest BCUT2D eigenvalue weighted by atomic mass is 10.0. The van der Waals surface area contributed by atoms with E-state index < -0.39 is 0 Å². The highest BCUT2D eigenvalue weighted by Gasteiger charge is 2.13. The number of benzene rings is 3. The minimum atomic E-state index is -0.356. The predicted molar refractivity (Wildman–Crippen MR) is 115 cm³/mol. The third-order valence-corrected chi connectivity index (χ3v) is 6.56. The lowest BCUT2D eigenvalue weighted by molar-refractivity contribution is 0.834. The zero-order valence-corrected chi connectivity index (χ0v) is 16.7. The van der Waals surface area contributed by atoms with Crippen molar-refractivity contribution in [3.8, 4) is 0 Å². The number of anilines is 1. The van der Waals surface area contributed by atoms with Gasteiger partial charge in [0.05, 0.1) is 0 Å². The zero-order chi connectivity index (χ0) is 18.6. The van der Waals surface area contributed by atoms with Crippen LogP contribution in [0.25, 0.3) is 10.8 Å². The lowest BCUT2D eigenvalue weighted by Gasteiger charge is -2.15. The van der Waals surface area contributed by atoms with Crippen molar-refractivity contribution in [3.63, 3.8) is 0 Å². The Bertz CT molecular complexity index is 1060. The SMILES string of the molecule is NC(Nc1nnc(SCc2ccccc2Cl)s1)c1cccc2ccccc12. The molecule has 0 aliphatic rings. The zero-order valence-electron chi connectivity index (χ0n) is 14.3. The van der Waals surface area contributed by atoms with Gasteiger partial charge in [0.2, 0.25) is 5.13 Å². The van der Waals surface area contributed by atoms with Gasteiger partial charge in [0.25, 0.3) is 0 Å². The smallest absolute Gasteiger partial charge is 0.207 e. The Kier molecular flexibility index (Phi) is 5.59. The van der Waals surface area contributed by atoms with Crippen molar-refractivity contribution in [1.82, 2.24) is 10.2 Å². The van der Waals surface area contributed by atoms with Crippen molar-refractivity contribution in [2.45, 2.75) is 16.3 Å². The molecule has 27 heavy (non-hydrogen) atoms. The molecule has 0 spiro atoms. The third-order valence-electron chi connectivity index (χ3n) is 4.15. The average molecular weight is 413 g/mol. The quantitative estimate of drug-likeness (QED) is 0.314. The Morgan fingerprint density at radius 3 is 2.67 bits per heavy atom. The monoisotopic (exact) mass is 412 g/mol. The van der Waals surface area contributed by atoms with Gasteiger partial charge in [-0.05, 0) is 28.0 Å². The van der Waals surface area contributed by atoms with Crippen LogP contribution in [-0.4, -0.2) is 10.2 Å². The Labute approximate surface area is 170 Å². The lowest BCUT2D eigenvalue weighted by Crippen LogP contribution is -2.20. The van der Waals surface area contributed by atoms with E-state index in [1.54, 1.807) is 11.8 Å². The molecule has 0 radical (unpaired) electrons. The molecular formula is C20H17ClN4S2. The number of nitrogens with zero attached hydrogens (tertiary/aromatic N) is 2. The van der Waals surface area contributed by atoms with Crippen LogP contribution in [0.1, 0.15) is 17.3 Å². The summed E-state index contributed by atoms with van der Waals surface area (Å²) >= 11 is 9.31. The number of aromatic nitrogens is 2. The van der Waals surface area contributed by atoms with E-state index in [0.717, 1.165) is 31.6 Å². The second-order valence-corrected chi connectivity index (χ2v) is 8.55. The van der Waals surface area contributed by atoms with E-state index in [0.29, 0.717) is 5.13 Å². The molecule has 4 aromatic rings. The van der Waals surface area contributed by atoms with Gasteiger partial charge in [0.15, 0.2) is 4.34 Å². The molecule has 1 aromatic heterocycles. The van der Waals surface area contributed by atoms with E-state index in [-0.39, 0.29) is 6.17 Å². The molecule has 4 nitrogen and oxygen atoms in total. The van der Waals surface area contributed by atoms with Crippen LogP contribution in [-0.2, 0) is 5.75 Å². The molecule has 3 aromatic carbocycles. The molecule has 0 fully saturated rings. The number of thioether (sulfide) groups is 1. The molecule has 1 unspecified atom stereocenters. The molecular weight excluding hydrogens is 396 g/mol. The van der Waals surface area contributed by atoms with Gasteiger partial charge in [-0.2, -0.15) is 0 Å². The topological polar surface area (TPSA) is 63.8 Å². The highest BCUT2D eigenvalue weighted by Crippen LogP contribution is 2.32. The molecule has 0 saturated heterocycles. The van der Waals surface area contributed by atoms with Gasteiger partial charge in [-0.3, -0.25) is 0 Å². The standard InChI is InChI=1S/C20H17ClN4S2/c21-17-11-4-2-7-14(17)12-26-20-25-24-19(27-20)23-18(22)16-10-5-8-13-6-1-3-9-15(13)16/h1-11,18H,12,22H2,(H,23,24). The fraction of sp³-hybridized carbons (Fsp3) is 0.100. The summed E-state index contributed by atoms with van der Waals surface area (Å²) in [6, 6.07) is 22.2. The van der Waals surface area contributed by atoms with Gasteiger partial charge >= 0.3 is 0 Å². The Balaban J connectivity index is 1.45. The van der Waals surface area contributed by atoms with Crippen LogP contribution >= 0.6 is 34.7 Å². The van der Waals surface area contributed by atoms with Crippen LogP contribution in [0.5, 0.6) is 0 Å². The second kappa shape index (κ2) is 8.27. The third kappa shape index (κ3) is 4.25. The van der Waals surface area contributed by atoms with Gasteiger partial charge in [-0.1, -0.05) is 95.4 Å². The second-order valence-electron chi connectivity index (χ2n) is 5.94. The first-order valence-electron chi connectivity index (χ1n) is 8.40. The number of halogens is 1. The molecule has 7 heteroatoms. The molecule has 0 saturated carbocycles. The van der Waals surface area contributed by atoms with Crippen molar-refractivity contribution in [3.05, 3.63) is 82.9 Å². The van der Waals surface area contributed by atoms with E-state index in [1.807, 2.05) is 48.5 Å². The number of nitrogens with two attached hydrogens (primary N) is 1. The average Bonchev–Trinajstić information content (AvgIpc) is 3.14. The maximum absolute atomic E-state index is 6.39. The minimum Gasteiger partial charge on any atom is -0.341 e. The Morgan fingerprint density at radius 1 is 1.00 bits per heavy atom. The first kappa shape index (κ1) is 18.3. The minimum absolute atomic E-state index is 0.356. The van der Waals surface area contributed by atoms with Crippen molar-refractivity contribution in [2.75, 3.05) is 5.32 Å². The van der Waals surface area contributed by atoms with Crippen LogP contribution in [0.3, 0.4) is 0 Å². The maximum Gasteiger partial charge on any atom is 0.207 e. The van der Waals surface area contributed by atoms with Crippen LogP contribution in [0.4, 0.5) is 5.13 Å². The molecule has 1 atom stereocenters. The summed E-state index contributed by atoms with van der Waals surface area (Å²) in [5, 5.41) is 15.5. The molecule has 0 aliphatic carbocycles. The van der Waals surface area contributed by atoms with Crippen molar-refractivity contribution >= 4 is 50.6 Å². The van der Waals surface area contributed by atoms with Gasteiger partial charge < -0.3 is 11.1 Å². The van der Waals surface area contributed by atoms with Crippen LogP contribution in [0.2, 0.25) is 5.02 Å². The fourth-order valence-corrected chi connectivity index (χ4v) is 4.89. The molecule has 3 N–H and O–H groups in total. The van der Waals surface area contributed by atoms with E-state index in [2.05, 4.69) is 33.7 Å². The summed E-state index contributed by atoms with van der Waals surface area (Å²) in [7, 11) is 0. The summed E-state index contributed by atoms with van der Waals surface area (Å²) in [5.41, 5.74) is 8.51. The normalized spacial score (nSPS) is 12.2. The van der Waals surface area contributed by atoms with E-state index >= 15 is 0 Å². The summed E-state index contributed by atoms with van der Waals surface area (Å²) in [6.07, 6.45) is -0.356. The van der Waals surface area contributed by atoms with Gasteiger partial charge in [0.1, 0.15) is 6.17 Å². The first-order chi connectivity index (χ1) is 13.2. The summed E-state index contributed by atoms with van der Waals surface area (Å²) in [5.74, 6) is 0.754. The van der Waals surface area contributed by atoms with Crippen molar-refractivity contribution in [1.29, 1.82) is 0 Å². The molecule has 0 aliphatic heterocycles. The molecule has 0 amide bonds. The van der Waals surface area contributed by atoms with E-state index in [1.165, 1.54) is 16.7 Å². The van der Waals surface area contributed by atoms with Crippen molar-refractivity contribution in [2.24, 2.45) is 5.73 Å². The largest absolute Gasteiger partial charge is 0.341 e. The van der Waals surface area contributed by atoms with Crippen LogP contribution in [0, 0.1) is 0 Å². The molecule has 4 rings (SSSR count). The molecule has 136 valence electrons. The van der Waals surface area contributed by atoms with Gasteiger partial charge in [-0.25, -0.2) is 0 Å². The number of hydrogen-bond donors (Lipinski definition) is 2. The van der Waals surface area contributed by atoms with E-state index in [9.17, 15) is 0 Å². The Morgan fingerprint density at radius 2 is 1.78 bits per heavy atom. The summed E-state index contributed by atoms with van der Waals surface area (Å²) < 4.78 is 0.877. The number of hydrogen-bond acceptors (Lipinski definition) is 6. The van der Waals surface area contributed by atoms with Crippen LogP contribution in [0.15, 0.2) is 71.1 Å². The predicted octanol–water partition coefficient (Wildman–Crippen LogP) is 5.71. The molecule has 1 heterocycles. The number of fused-ring (bicyclic) bond motifs is 1. The van der Waals surface area contributed by atoms with Crippen molar-refractivity contribution < 1.29 is 0 Å². The fourth-order valence-electron chi connectivity index (χ4n) is 2.81. The molecule has 0 bridgehead atoms. The van der Waals surface area contributed by atoms with Crippen LogP contribution < -0.4 is 11.1 Å². The number of nitrogens with one attached hydrogen (secondary N) is 1. The Hall–Kier alpha value is -2.12. The highest BCUT2D eigenvalue weighted by atomic mass is 35.5.